The van der Waals surface area contributed by atoms with Gasteiger partial charge in [0.05, 0.1) is 12.6 Å². The smallest absolute Gasteiger partial charge is 0.303 e. The van der Waals surface area contributed by atoms with Crippen LogP contribution < -0.4 is 0 Å². The van der Waals surface area contributed by atoms with Crippen molar-refractivity contribution in [2.45, 2.75) is 12.8 Å². The van der Waals surface area contributed by atoms with Gasteiger partial charge in [0.2, 0.25) is 0 Å². The molecule has 0 bridgehead atoms. The number of carbonyl (C=O) groups is 1. The Morgan fingerprint density at radius 1 is 1.15 bits per heavy atom. The Labute approximate surface area is 115 Å². The number of aliphatic carboxylic acids is 1. The minimum Gasteiger partial charge on any atom is -0.481 e. The second kappa shape index (κ2) is 5.17. The molecule has 0 unspecified atom stereocenters. The van der Waals surface area contributed by atoms with Gasteiger partial charge in [0, 0.05) is 12.0 Å². The third-order valence-corrected chi connectivity index (χ3v) is 3.14. The van der Waals surface area contributed by atoms with Gasteiger partial charge < -0.3 is 9.52 Å². The Kier molecular flexibility index (Phi) is 3.21. The number of nitrogens with zero attached hydrogens (tertiary/aromatic N) is 1. The predicted molar refractivity (Wildman–Crippen MR) is 75.4 cm³/mol. The van der Waals surface area contributed by atoms with Crippen LogP contribution in [0.25, 0.3) is 22.1 Å². The van der Waals surface area contributed by atoms with Crippen molar-refractivity contribution in [3.63, 3.8) is 0 Å². The second-order valence-electron chi connectivity index (χ2n) is 4.57. The van der Waals surface area contributed by atoms with Crippen LogP contribution in [0.3, 0.4) is 0 Å². The third-order valence-electron chi connectivity index (χ3n) is 3.14. The van der Waals surface area contributed by atoms with Crippen molar-refractivity contribution in [3.05, 3.63) is 54.6 Å². The van der Waals surface area contributed by atoms with Crippen molar-refractivity contribution < 1.29 is 14.3 Å². The number of aryl methyl sites for hydroxylation is 1. The highest BCUT2D eigenvalue weighted by Gasteiger charge is 2.08. The number of fused-ring (bicyclic) bond motifs is 1. The largest absolute Gasteiger partial charge is 0.481 e. The van der Waals surface area contributed by atoms with Crippen molar-refractivity contribution in [2.75, 3.05) is 0 Å². The lowest BCUT2D eigenvalue weighted by Gasteiger charge is -2.00. The maximum Gasteiger partial charge on any atom is 0.303 e. The van der Waals surface area contributed by atoms with E-state index in [-0.39, 0.29) is 6.42 Å². The van der Waals surface area contributed by atoms with Crippen LogP contribution in [-0.2, 0) is 11.2 Å². The summed E-state index contributed by atoms with van der Waals surface area (Å²) in [6, 6.07) is 14.1. The molecule has 3 aromatic rings. The first kappa shape index (κ1) is 12.4. The molecule has 20 heavy (non-hydrogen) atoms. The molecule has 0 aliphatic heterocycles. The zero-order valence-electron chi connectivity index (χ0n) is 10.7. The number of aromatic nitrogens is 1. The topological polar surface area (TPSA) is 63.3 Å². The van der Waals surface area contributed by atoms with Gasteiger partial charge in [-0.2, -0.15) is 0 Å². The SMILES string of the molecule is O=C(O)CCc1ncc(-c2ccc3ccccc3c2)o1. The van der Waals surface area contributed by atoms with Crippen LogP contribution in [0.15, 0.2) is 53.1 Å². The van der Waals surface area contributed by atoms with Gasteiger partial charge >= 0.3 is 5.97 Å². The number of oxazole rings is 1. The number of carboxylic acids is 1. The first-order valence-electron chi connectivity index (χ1n) is 6.38. The van der Waals surface area contributed by atoms with E-state index in [0.29, 0.717) is 18.1 Å². The van der Waals surface area contributed by atoms with Crippen LogP contribution in [-0.4, -0.2) is 16.1 Å². The summed E-state index contributed by atoms with van der Waals surface area (Å²) in [7, 11) is 0. The molecular formula is C16H13NO3. The number of carboxylic acid groups (broad SMARTS) is 1. The van der Waals surface area contributed by atoms with Crippen LogP contribution in [0.4, 0.5) is 0 Å². The molecule has 3 rings (SSSR count). The van der Waals surface area contributed by atoms with Gasteiger partial charge in [-0.15, -0.1) is 0 Å². The van der Waals surface area contributed by atoms with Crippen molar-refractivity contribution in [3.8, 4) is 11.3 Å². The monoisotopic (exact) mass is 267 g/mol. The Morgan fingerprint density at radius 2 is 1.95 bits per heavy atom. The fourth-order valence-corrected chi connectivity index (χ4v) is 2.12. The first-order valence-corrected chi connectivity index (χ1v) is 6.38. The highest BCUT2D eigenvalue weighted by Crippen LogP contribution is 2.25. The van der Waals surface area contributed by atoms with E-state index < -0.39 is 5.97 Å². The molecule has 0 spiro atoms. The molecule has 1 heterocycles. The summed E-state index contributed by atoms with van der Waals surface area (Å²) in [5.41, 5.74) is 0.942. The number of hydrogen-bond donors (Lipinski definition) is 1. The molecule has 1 N–H and O–H groups in total. The lowest BCUT2D eigenvalue weighted by atomic mass is 10.1. The second-order valence-corrected chi connectivity index (χ2v) is 4.57. The lowest BCUT2D eigenvalue weighted by molar-refractivity contribution is -0.137. The Balaban J connectivity index is 1.89. The van der Waals surface area contributed by atoms with Gasteiger partial charge in [0.25, 0.3) is 0 Å². The van der Waals surface area contributed by atoms with E-state index in [2.05, 4.69) is 11.1 Å². The Morgan fingerprint density at radius 3 is 2.75 bits per heavy atom. The van der Waals surface area contributed by atoms with Crippen molar-refractivity contribution in [1.82, 2.24) is 4.98 Å². The molecule has 0 fully saturated rings. The minimum atomic E-state index is -0.851. The van der Waals surface area contributed by atoms with Gasteiger partial charge in [-0.3, -0.25) is 4.79 Å². The summed E-state index contributed by atoms with van der Waals surface area (Å²) in [6.07, 6.45) is 1.97. The Hall–Kier alpha value is -2.62. The molecule has 0 atom stereocenters. The number of benzene rings is 2. The van der Waals surface area contributed by atoms with Crippen LogP contribution in [0, 0.1) is 0 Å². The quantitative estimate of drug-likeness (QED) is 0.785. The fraction of sp³-hybridized carbons (Fsp3) is 0.125. The van der Waals surface area contributed by atoms with E-state index in [4.69, 9.17) is 9.52 Å². The summed E-state index contributed by atoms with van der Waals surface area (Å²) in [6.45, 7) is 0. The first-order chi connectivity index (χ1) is 9.72. The Bertz CT molecular complexity index is 761. The average Bonchev–Trinajstić information content (AvgIpc) is 2.93. The molecule has 0 saturated carbocycles. The van der Waals surface area contributed by atoms with E-state index in [0.717, 1.165) is 10.9 Å². The van der Waals surface area contributed by atoms with Gasteiger partial charge in [0.1, 0.15) is 0 Å². The summed E-state index contributed by atoms with van der Waals surface area (Å²) in [5.74, 6) is 0.266. The van der Waals surface area contributed by atoms with Crippen molar-refractivity contribution in [1.29, 1.82) is 0 Å². The standard InChI is InChI=1S/C16H13NO3/c18-16(19)8-7-15-17-10-14(20-15)13-6-5-11-3-1-2-4-12(11)9-13/h1-6,9-10H,7-8H2,(H,18,19). The van der Waals surface area contributed by atoms with Gasteiger partial charge in [-0.25, -0.2) is 4.98 Å². The number of hydrogen-bond acceptors (Lipinski definition) is 3. The maximum atomic E-state index is 10.5. The molecule has 0 saturated heterocycles. The summed E-state index contributed by atoms with van der Waals surface area (Å²) in [5, 5.41) is 10.9. The van der Waals surface area contributed by atoms with Gasteiger partial charge in [-0.05, 0) is 16.8 Å². The molecule has 0 amide bonds. The van der Waals surface area contributed by atoms with Crippen LogP contribution in [0.1, 0.15) is 12.3 Å². The minimum absolute atomic E-state index is 0.0255. The van der Waals surface area contributed by atoms with Gasteiger partial charge in [0.15, 0.2) is 11.7 Å². The molecule has 1 aromatic heterocycles. The zero-order chi connectivity index (χ0) is 13.9. The maximum absolute atomic E-state index is 10.5. The van der Waals surface area contributed by atoms with Crippen LogP contribution in [0.5, 0.6) is 0 Å². The van der Waals surface area contributed by atoms with Crippen molar-refractivity contribution in [2.24, 2.45) is 0 Å². The third kappa shape index (κ3) is 2.54. The summed E-state index contributed by atoms with van der Waals surface area (Å²) in [4.78, 5) is 14.6. The zero-order valence-corrected chi connectivity index (χ0v) is 10.7. The van der Waals surface area contributed by atoms with E-state index in [1.807, 2.05) is 36.4 Å². The summed E-state index contributed by atoms with van der Waals surface area (Å²) < 4.78 is 5.59. The highest BCUT2D eigenvalue weighted by molar-refractivity contribution is 5.86. The molecule has 100 valence electrons. The summed E-state index contributed by atoms with van der Waals surface area (Å²) >= 11 is 0. The van der Waals surface area contributed by atoms with E-state index >= 15 is 0 Å². The molecule has 0 radical (unpaired) electrons. The van der Waals surface area contributed by atoms with Crippen molar-refractivity contribution >= 4 is 16.7 Å². The van der Waals surface area contributed by atoms with Gasteiger partial charge in [-0.1, -0.05) is 36.4 Å². The number of rotatable bonds is 4. The molecule has 4 heteroatoms. The molecule has 0 aliphatic rings. The highest BCUT2D eigenvalue weighted by atomic mass is 16.4. The lowest BCUT2D eigenvalue weighted by Crippen LogP contribution is -1.97. The average molecular weight is 267 g/mol. The molecule has 2 aromatic carbocycles. The van der Waals surface area contributed by atoms with E-state index in [1.165, 1.54) is 5.39 Å². The van der Waals surface area contributed by atoms with Crippen LogP contribution >= 0.6 is 0 Å². The fourth-order valence-electron chi connectivity index (χ4n) is 2.12. The normalized spacial score (nSPS) is 10.8. The van der Waals surface area contributed by atoms with E-state index in [1.54, 1.807) is 6.20 Å². The molecular weight excluding hydrogens is 254 g/mol. The van der Waals surface area contributed by atoms with Crippen LogP contribution in [0.2, 0.25) is 0 Å². The van der Waals surface area contributed by atoms with E-state index in [9.17, 15) is 4.79 Å². The molecule has 0 aliphatic carbocycles. The predicted octanol–water partition coefficient (Wildman–Crippen LogP) is 3.51. The molecule has 4 nitrogen and oxygen atoms in total.